The monoisotopic (exact) mass is 500 g/mol. The summed E-state index contributed by atoms with van der Waals surface area (Å²) in [7, 11) is 0. The Kier molecular flexibility index (Phi) is 31.7. The predicted molar refractivity (Wildman–Crippen MR) is 169 cm³/mol. The van der Waals surface area contributed by atoms with Gasteiger partial charge in [-0.25, -0.2) is 0 Å². The Bertz CT molecular complexity index is 697. The molecule has 36 heavy (non-hydrogen) atoms. The minimum Gasteiger partial charge on any atom is -0.300 e. The average molecular weight is 501 g/mol. The van der Waals surface area contributed by atoms with Crippen molar-refractivity contribution in [3.63, 3.8) is 0 Å². The zero-order valence-electron chi connectivity index (χ0n) is 25.7. The van der Waals surface area contributed by atoms with E-state index >= 15 is 0 Å². The van der Waals surface area contributed by atoms with E-state index < -0.39 is 0 Å². The number of carbonyl (C=O) groups is 1. The van der Waals surface area contributed by atoms with Gasteiger partial charge in [0.15, 0.2) is 0 Å². The zero-order chi connectivity index (χ0) is 27.8. The molecule has 0 aliphatic heterocycles. The maximum Gasteiger partial charge on any atom is 0.130 e. The fraction of sp³-hybridized carbons (Fsp3) is 0.629. The third kappa shape index (κ3) is 17.5. The summed E-state index contributed by atoms with van der Waals surface area (Å²) in [6.07, 6.45) is 12.9. The molecular formula is C35H64O. The molecule has 0 radical (unpaired) electrons. The average Bonchev–Trinajstić information content (AvgIpc) is 3.17. The molecule has 0 saturated heterocycles. The minimum absolute atomic E-state index is 0. The van der Waals surface area contributed by atoms with Crippen LogP contribution in [0.25, 0.3) is 0 Å². The number of allylic oxidation sites excluding steroid dienone is 5. The minimum atomic E-state index is 0. The van der Waals surface area contributed by atoms with Crippen LogP contribution in [0.3, 0.4) is 0 Å². The van der Waals surface area contributed by atoms with Crippen LogP contribution in [0.4, 0.5) is 0 Å². The van der Waals surface area contributed by atoms with Crippen molar-refractivity contribution in [3.8, 4) is 0 Å². The second-order valence-electron chi connectivity index (χ2n) is 8.69. The summed E-state index contributed by atoms with van der Waals surface area (Å²) >= 11 is 0. The molecule has 1 unspecified atom stereocenters. The molecule has 0 aromatic heterocycles. The summed E-state index contributed by atoms with van der Waals surface area (Å²) in [6.45, 7) is 28.3. The molecule has 1 atom stereocenters. The zero-order valence-corrected chi connectivity index (χ0v) is 25.7. The molecule has 210 valence electrons. The Labute approximate surface area is 228 Å². The smallest absolute Gasteiger partial charge is 0.130 e. The lowest BCUT2D eigenvalue weighted by molar-refractivity contribution is -0.118. The van der Waals surface area contributed by atoms with Crippen LogP contribution >= 0.6 is 0 Å². The van der Waals surface area contributed by atoms with Crippen LogP contribution in [0.2, 0.25) is 0 Å². The normalized spacial score (nSPS) is 15.7. The summed E-state index contributed by atoms with van der Waals surface area (Å²) in [6, 6.07) is 8.82. The molecule has 0 N–H and O–H groups in total. The first-order chi connectivity index (χ1) is 16.8. The van der Waals surface area contributed by atoms with Gasteiger partial charge < -0.3 is 4.79 Å². The number of hydrogen-bond acceptors (Lipinski definition) is 1. The van der Waals surface area contributed by atoms with Gasteiger partial charge in [-0.3, -0.25) is 0 Å². The highest BCUT2D eigenvalue weighted by Crippen LogP contribution is 2.39. The maximum atomic E-state index is 10.7. The molecule has 0 amide bonds. The van der Waals surface area contributed by atoms with E-state index in [-0.39, 0.29) is 7.43 Å². The SMILES string of the molecule is C.C=CC1=C(C)C(c2ccc(C)cc2)C(C)=C1.CC.CC.CC.CC(=O)CC1CCCCC1.CCC. The summed E-state index contributed by atoms with van der Waals surface area (Å²) in [5.74, 6) is 1.55. The van der Waals surface area contributed by atoms with Crippen molar-refractivity contribution >= 4 is 5.78 Å². The Morgan fingerprint density at radius 3 is 1.69 bits per heavy atom. The van der Waals surface area contributed by atoms with Crippen molar-refractivity contribution in [2.45, 2.75) is 141 Å². The van der Waals surface area contributed by atoms with Crippen molar-refractivity contribution in [1.82, 2.24) is 0 Å². The molecule has 1 saturated carbocycles. The number of aryl methyl sites for hydroxylation is 1. The van der Waals surface area contributed by atoms with Crippen molar-refractivity contribution in [2.24, 2.45) is 5.92 Å². The predicted octanol–water partition coefficient (Wildman–Crippen LogP) is 12.2. The second kappa shape index (κ2) is 27.7. The fourth-order valence-corrected chi connectivity index (χ4v) is 4.24. The molecular weight excluding hydrogens is 436 g/mol. The lowest BCUT2D eigenvalue weighted by atomic mass is 9.86. The van der Waals surface area contributed by atoms with Crippen LogP contribution in [0.5, 0.6) is 0 Å². The Hall–Kier alpha value is -1.89. The molecule has 0 spiro atoms. The second-order valence-corrected chi connectivity index (χ2v) is 8.69. The number of rotatable bonds is 4. The van der Waals surface area contributed by atoms with Crippen LogP contribution in [0.15, 0.2) is 59.7 Å². The van der Waals surface area contributed by atoms with Gasteiger partial charge in [0.25, 0.3) is 0 Å². The number of Topliss-reactive ketones (excluding diaryl/α,β-unsaturated/α-hetero) is 1. The Morgan fingerprint density at radius 2 is 1.33 bits per heavy atom. The van der Waals surface area contributed by atoms with Gasteiger partial charge in [0.05, 0.1) is 0 Å². The molecule has 1 heteroatoms. The maximum absolute atomic E-state index is 10.7. The highest BCUT2D eigenvalue weighted by atomic mass is 16.1. The number of carbonyl (C=O) groups excluding carboxylic acids is 1. The topological polar surface area (TPSA) is 17.1 Å². The van der Waals surface area contributed by atoms with Crippen molar-refractivity contribution in [2.75, 3.05) is 0 Å². The van der Waals surface area contributed by atoms with Crippen LogP contribution in [0, 0.1) is 12.8 Å². The highest BCUT2D eigenvalue weighted by molar-refractivity contribution is 5.75. The Morgan fingerprint density at radius 1 is 0.889 bits per heavy atom. The van der Waals surface area contributed by atoms with E-state index in [0.717, 1.165) is 12.3 Å². The third-order valence-corrected chi connectivity index (χ3v) is 5.66. The molecule has 0 bridgehead atoms. The van der Waals surface area contributed by atoms with E-state index in [0.29, 0.717) is 11.7 Å². The lowest BCUT2D eigenvalue weighted by Crippen LogP contribution is -2.09. The lowest BCUT2D eigenvalue weighted by Gasteiger charge is -2.19. The fourth-order valence-electron chi connectivity index (χ4n) is 4.24. The first-order valence-corrected chi connectivity index (χ1v) is 14.4. The van der Waals surface area contributed by atoms with E-state index in [9.17, 15) is 4.79 Å². The van der Waals surface area contributed by atoms with Crippen LogP contribution in [-0.4, -0.2) is 5.78 Å². The number of hydrogen-bond donors (Lipinski definition) is 0. The Balaban J connectivity index is -0.000000221. The standard InChI is InChI=1S/C16H18.C9H16O.C3H8.3C2H6.CH4/c1-5-14-10-12(3)16(13(14)4)15-8-6-11(2)7-9-15;1-8(10)7-9-5-3-2-4-6-9;1-3-2;3*1-2;/h5-10,16H,1H2,2-4H3;9H,2-7H2,1H3;3H2,1-2H3;3*1-2H3;1H4. The molecule has 1 aromatic rings. The number of ketones is 1. The van der Waals surface area contributed by atoms with Gasteiger partial charge in [-0.1, -0.05) is 161 Å². The summed E-state index contributed by atoms with van der Waals surface area (Å²) in [4.78, 5) is 10.7. The summed E-state index contributed by atoms with van der Waals surface area (Å²) in [5, 5.41) is 0. The first-order valence-electron chi connectivity index (χ1n) is 14.4. The van der Waals surface area contributed by atoms with Gasteiger partial charge in [-0.2, -0.15) is 0 Å². The van der Waals surface area contributed by atoms with Crippen molar-refractivity contribution < 1.29 is 4.79 Å². The van der Waals surface area contributed by atoms with E-state index in [2.05, 4.69) is 71.5 Å². The largest absolute Gasteiger partial charge is 0.300 e. The van der Waals surface area contributed by atoms with Gasteiger partial charge in [0.2, 0.25) is 0 Å². The molecule has 2 aliphatic rings. The van der Waals surface area contributed by atoms with Crippen LogP contribution in [-0.2, 0) is 4.79 Å². The van der Waals surface area contributed by atoms with Crippen LogP contribution in [0.1, 0.15) is 146 Å². The van der Waals surface area contributed by atoms with E-state index in [4.69, 9.17) is 0 Å². The summed E-state index contributed by atoms with van der Waals surface area (Å²) in [5.41, 5.74) is 6.80. The van der Waals surface area contributed by atoms with E-state index in [1.54, 1.807) is 6.92 Å². The van der Waals surface area contributed by atoms with Gasteiger partial charge in [0.1, 0.15) is 5.78 Å². The van der Waals surface area contributed by atoms with Crippen molar-refractivity contribution in [3.05, 3.63) is 70.8 Å². The van der Waals surface area contributed by atoms with Gasteiger partial charge in [0, 0.05) is 12.3 Å². The van der Waals surface area contributed by atoms with Gasteiger partial charge >= 0.3 is 0 Å². The van der Waals surface area contributed by atoms with Crippen molar-refractivity contribution in [1.29, 1.82) is 0 Å². The molecule has 3 rings (SSSR count). The first kappa shape index (κ1) is 41.2. The third-order valence-electron chi connectivity index (χ3n) is 5.66. The highest BCUT2D eigenvalue weighted by Gasteiger charge is 2.22. The van der Waals surface area contributed by atoms with Crippen LogP contribution < -0.4 is 0 Å². The van der Waals surface area contributed by atoms with E-state index in [1.165, 1.54) is 66.4 Å². The number of benzene rings is 1. The molecule has 0 heterocycles. The molecule has 1 nitrogen and oxygen atoms in total. The quantitative estimate of drug-likeness (QED) is 0.401. The summed E-state index contributed by atoms with van der Waals surface area (Å²) < 4.78 is 0. The van der Waals surface area contributed by atoms with Gasteiger partial charge in [-0.05, 0) is 44.7 Å². The molecule has 2 aliphatic carbocycles. The molecule has 1 fully saturated rings. The van der Waals surface area contributed by atoms with Gasteiger partial charge in [-0.15, -0.1) is 0 Å². The van der Waals surface area contributed by atoms with E-state index in [1.807, 2.05) is 47.6 Å². The molecule has 1 aromatic carbocycles.